The lowest BCUT2D eigenvalue weighted by atomic mass is 10.2. The second-order valence-corrected chi connectivity index (χ2v) is 6.39. The Labute approximate surface area is 165 Å². The van der Waals surface area contributed by atoms with Gasteiger partial charge in [-0.3, -0.25) is 0 Å². The summed E-state index contributed by atoms with van der Waals surface area (Å²) in [4.78, 5) is 5.52. The van der Waals surface area contributed by atoms with Crippen LogP contribution in [0.2, 0.25) is 0 Å². The number of nitrogens with one attached hydrogen (secondary N) is 1. The van der Waals surface area contributed by atoms with Crippen molar-refractivity contribution in [3.8, 4) is 11.5 Å². The van der Waals surface area contributed by atoms with Crippen molar-refractivity contribution >= 4 is 57.2 Å². The third-order valence-electron chi connectivity index (χ3n) is 2.95. The molecule has 0 atom stereocenters. The molecule has 0 aliphatic heterocycles. The Hall–Kier alpha value is -1.000. The first-order valence-electron chi connectivity index (χ1n) is 6.60. The van der Waals surface area contributed by atoms with Gasteiger partial charge in [-0.05, 0) is 39.7 Å². The molecule has 0 aliphatic rings. The van der Waals surface area contributed by atoms with E-state index in [1.807, 2.05) is 23.6 Å². The van der Waals surface area contributed by atoms with Crippen LogP contribution in [-0.2, 0) is 13.1 Å². The fourth-order valence-electron chi connectivity index (χ4n) is 1.84. The molecule has 2 aromatic rings. The van der Waals surface area contributed by atoms with Crippen molar-refractivity contribution in [2.75, 3.05) is 14.2 Å². The molecule has 0 saturated heterocycles. The maximum atomic E-state index is 5.88. The minimum atomic E-state index is 0. The number of benzene rings is 1. The van der Waals surface area contributed by atoms with E-state index in [0.717, 1.165) is 10.0 Å². The molecule has 1 aromatic carbocycles. The molecule has 3 N–H and O–H groups in total. The van der Waals surface area contributed by atoms with Crippen molar-refractivity contribution < 1.29 is 9.47 Å². The fourth-order valence-corrected chi connectivity index (χ4v) is 3.23. The molecule has 1 heterocycles. The van der Waals surface area contributed by atoms with Gasteiger partial charge in [0.15, 0.2) is 17.5 Å². The third kappa shape index (κ3) is 6.19. The summed E-state index contributed by atoms with van der Waals surface area (Å²) < 4.78 is 11.6. The molecule has 8 heteroatoms. The van der Waals surface area contributed by atoms with Gasteiger partial charge in [-0.2, -0.15) is 0 Å². The number of methoxy groups -OCH3 is 2. The number of rotatable bonds is 6. The topological polar surface area (TPSA) is 68.9 Å². The molecule has 0 amide bonds. The van der Waals surface area contributed by atoms with Gasteiger partial charge in [0.25, 0.3) is 0 Å². The zero-order chi connectivity index (χ0) is 15.9. The first-order valence-corrected chi connectivity index (χ1v) is 8.27. The smallest absolute Gasteiger partial charge is 0.189 e. The molecule has 0 fully saturated rings. The highest BCUT2D eigenvalue weighted by atomic mass is 127. The predicted octanol–water partition coefficient (Wildman–Crippen LogP) is 3.75. The van der Waals surface area contributed by atoms with Crippen LogP contribution >= 0.6 is 51.2 Å². The van der Waals surface area contributed by atoms with E-state index in [9.17, 15) is 0 Å². The lowest BCUT2D eigenvalue weighted by molar-refractivity contribution is 0.354. The normalized spacial score (nSPS) is 10.8. The Kier molecular flexibility index (Phi) is 8.71. The minimum absolute atomic E-state index is 0. The number of guanidine groups is 1. The van der Waals surface area contributed by atoms with Crippen molar-refractivity contribution in [2.45, 2.75) is 13.1 Å². The summed E-state index contributed by atoms with van der Waals surface area (Å²) in [5, 5.41) is 5.13. The number of aliphatic imine (C=N–C) groups is 1. The Morgan fingerprint density at radius 3 is 2.61 bits per heavy atom. The predicted molar refractivity (Wildman–Crippen MR) is 109 cm³/mol. The van der Waals surface area contributed by atoms with Crippen molar-refractivity contribution in [3.05, 3.63) is 44.6 Å². The summed E-state index contributed by atoms with van der Waals surface area (Å²) in [7, 11) is 3.22. The molecule has 0 spiro atoms. The zero-order valence-electron chi connectivity index (χ0n) is 12.8. The molecule has 0 bridgehead atoms. The van der Waals surface area contributed by atoms with Crippen LogP contribution in [0.15, 0.2) is 39.1 Å². The van der Waals surface area contributed by atoms with Crippen molar-refractivity contribution in [1.82, 2.24) is 5.32 Å². The molecule has 0 radical (unpaired) electrons. The van der Waals surface area contributed by atoms with E-state index >= 15 is 0 Å². The molecule has 126 valence electrons. The van der Waals surface area contributed by atoms with Crippen LogP contribution in [0.5, 0.6) is 11.5 Å². The highest BCUT2D eigenvalue weighted by Crippen LogP contribution is 2.27. The van der Waals surface area contributed by atoms with E-state index in [1.54, 1.807) is 25.6 Å². The zero-order valence-corrected chi connectivity index (χ0v) is 17.6. The molecule has 0 saturated carbocycles. The van der Waals surface area contributed by atoms with Gasteiger partial charge >= 0.3 is 0 Å². The van der Waals surface area contributed by atoms with Crippen molar-refractivity contribution in [2.24, 2.45) is 10.7 Å². The molecular weight excluding hydrogens is 493 g/mol. The Balaban J connectivity index is 0.00000264. The monoisotopic (exact) mass is 511 g/mol. The number of nitrogens with two attached hydrogens (primary N) is 1. The largest absolute Gasteiger partial charge is 0.493 e. The van der Waals surface area contributed by atoms with Gasteiger partial charge in [0.05, 0.1) is 27.3 Å². The molecule has 1 aromatic heterocycles. The lowest BCUT2D eigenvalue weighted by Crippen LogP contribution is -2.30. The number of ether oxygens (including phenoxy) is 2. The van der Waals surface area contributed by atoms with Gasteiger partial charge in [0.2, 0.25) is 0 Å². The first kappa shape index (κ1) is 20.0. The molecular formula is C15H19BrIN3O2S. The van der Waals surface area contributed by atoms with E-state index in [4.69, 9.17) is 15.2 Å². The molecule has 23 heavy (non-hydrogen) atoms. The fraction of sp³-hybridized carbons (Fsp3) is 0.267. The number of thiophene rings is 1. The summed E-state index contributed by atoms with van der Waals surface area (Å²) in [5.41, 5.74) is 6.88. The molecule has 0 aliphatic carbocycles. The Bertz CT molecular complexity index is 664. The van der Waals surface area contributed by atoms with Crippen LogP contribution in [0.4, 0.5) is 0 Å². The standard InChI is InChI=1S/C15H18BrN3O2S.HI/c1-20-13-4-3-10(5-14(13)21-2)7-18-15(17)19-8-12-6-11(16)9-22-12;/h3-6,9H,7-8H2,1-2H3,(H3,17,18,19);1H. The average molecular weight is 512 g/mol. The van der Waals surface area contributed by atoms with Gasteiger partial charge in [-0.25, -0.2) is 4.99 Å². The van der Waals surface area contributed by atoms with Crippen LogP contribution in [0.1, 0.15) is 10.4 Å². The first-order chi connectivity index (χ1) is 10.6. The number of nitrogens with zero attached hydrogens (tertiary/aromatic N) is 1. The summed E-state index contributed by atoms with van der Waals surface area (Å²) >= 11 is 5.09. The van der Waals surface area contributed by atoms with Crippen molar-refractivity contribution in [1.29, 1.82) is 0 Å². The third-order valence-corrected chi connectivity index (χ3v) is 4.64. The second kappa shape index (κ2) is 9.99. The Morgan fingerprint density at radius 2 is 2.00 bits per heavy atom. The van der Waals surface area contributed by atoms with Gasteiger partial charge in [-0.1, -0.05) is 6.07 Å². The second-order valence-electron chi connectivity index (χ2n) is 4.48. The van der Waals surface area contributed by atoms with Crippen LogP contribution in [0.25, 0.3) is 0 Å². The van der Waals surface area contributed by atoms with Gasteiger partial charge in [0.1, 0.15) is 0 Å². The van der Waals surface area contributed by atoms with E-state index in [0.29, 0.717) is 30.5 Å². The maximum Gasteiger partial charge on any atom is 0.189 e. The molecule has 5 nitrogen and oxygen atoms in total. The minimum Gasteiger partial charge on any atom is -0.493 e. The summed E-state index contributed by atoms with van der Waals surface area (Å²) in [5.74, 6) is 1.80. The number of hydrogen-bond donors (Lipinski definition) is 2. The van der Waals surface area contributed by atoms with Gasteiger partial charge in [0, 0.05) is 14.7 Å². The van der Waals surface area contributed by atoms with Crippen LogP contribution in [0.3, 0.4) is 0 Å². The highest BCUT2D eigenvalue weighted by Gasteiger charge is 2.04. The van der Waals surface area contributed by atoms with E-state index in [-0.39, 0.29) is 24.0 Å². The summed E-state index contributed by atoms with van der Waals surface area (Å²) in [6.07, 6.45) is 0. The van der Waals surface area contributed by atoms with E-state index in [2.05, 4.69) is 32.3 Å². The summed E-state index contributed by atoms with van der Waals surface area (Å²) in [6.45, 7) is 1.14. The molecule has 0 unspecified atom stereocenters. The number of halogens is 2. The highest BCUT2D eigenvalue weighted by molar-refractivity contribution is 14.0. The van der Waals surface area contributed by atoms with Crippen LogP contribution in [-0.4, -0.2) is 20.2 Å². The van der Waals surface area contributed by atoms with Gasteiger partial charge in [-0.15, -0.1) is 35.3 Å². The lowest BCUT2D eigenvalue weighted by Gasteiger charge is -2.09. The average Bonchev–Trinajstić information content (AvgIpc) is 2.96. The summed E-state index contributed by atoms with van der Waals surface area (Å²) in [6, 6.07) is 7.75. The quantitative estimate of drug-likeness (QED) is 0.352. The van der Waals surface area contributed by atoms with Gasteiger partial charge < -0.3 is 20.5 Å². The van der Waals surface area contributed by atoms with E-state index < -0.39 is 0 Å². The maximum absolute atomic E-state index is 5.88. The van der Waals surface area contributed by atoms with Crippen LogP contribution < -0.4 is 20.5 Å². The number of hydrogen-bond acceptors (Lipinski definition) is 4. The van der Waals surface area contributed by atoms with Crippen molar-refractivity contribution in [3.63, 3.8) is 0 Å². The Morgan fingerprint density at radius 1 is 1.26 bits per heavy atom. The van der Waals surface area contributed by atoms with E-state index in [1.165, 1.54) is 4.88 Å². The SMILES string of the molecule is COc1ccc(CN=C(N)NCc2cc(Br)cs2)cc1OC.I. The molecule has 2 rings (SSSR count). The van der Waals surface area contributed by atoms with Crippen LogP contribution in [0, 0.1) is 0 Å².